The van der Waals surface area contributed by atoms with Gasteiger partial charge in [0.05, 0.1) is 44.6 Å². The van der Waals surface area contributed by atoms with Gasteiger partial charge in [0.15, 0.2) is 0 Å². The summed E-state index contributed by atoms with van der Waals surface area (Å²) in [6, 6.07) is -20.1. The number of carboxylic acids is 4. The van der Waals surface area contributed by atoms with E-state index in [1.165, 1.54) is 34.6 Å². The molecule has 0 radical (unpaired) electrons. The van der Waals surface area contributed by atoms with Crippen molar-refractivity contribution in [2.45, 2.75) is 185 Å². The number of hydrogen-bond acceptors (Lipinski definition) is 20. The maximum Gasteiger partial charge on any atom is 0.326 e. The van der Waals surface area contributed by atoms with Gasteiger partial charge in [-0.3, -0.25) is 71.9 Å². The van der Waals surface area contributed by atoms with E-state index < -0.39 is 231 Å². The van der Waals surface area contributed by atoms with E-state index >= 15 is 0 Å². The van der Waals surface area contributed by atoms with Crippen molar-refractivity contribution in [1.29, 1.82) is 0 Å². The molecule has 0 aromatic carbocycles. The van der Waals surface area contributed by atoms with E-state index in [0.29, 0.717) is 0 Å². The second-order valence-electron chi connectivity index (χ2n) is 21.7. The Morgan fingerprint density at radius 2 is 0.897 bits per heavy atom. The van der Waals surface area contributed by atoms with Gasteiger partial charge >= 0.3 is 23.9 Å². The number of rotatable bonds is 38. The highest BCUT2D eigenvalue weighted by Crippen LogP contribution is 2.22. The minimum Gasteiger partial charge on any atom is -0.481 e. The number of carbonyl (C=O) groups excluding carboxylic acids is 12. The summed E-state index contributed by atoms with van der Waals surface area (Å²) in [5.41, 5.74) is 10.9. The summed E-state index contributed by atoms with van der Waals surface area (Å²) in [7, 11) is 0. The van der Waals surface area contributed by atoms with Gasteiger partial charge in [-0.1, -0.05) is 41.5 Å². The molecular weight excluding hydrogens is 1160 g/mol. The standard InChI is InChI=1S/C51H83N13O23/c1-20(2)14-28(50(85)64-13-9-10-32(64)46(81)56-27(16-35(71)72)43(78)58-29(51(86)87)17-36(73)74)57-47(82)37(21(3)4)61-40(75)23(7)54-42(77)26(11-12-33(53)68)55-44(79)30(18-65)60-49(84)39(24(8)67)63-45(80)31(19-66)59-48(83)38(22(5)6)62-41(76)25(52)15-34(69)70/h20-32,37-39,65-67H,9-19,52H2,1-8H3,(H2,53,68)(H,54,77)(H,55,79)(H,56,81)(H,57,82)(H,58,78)(H,59,83)(H,60,84)(H,61,75)(H,62,76)(H,63,80)(H,69,70)(H,71,72)(H,73,74)(H,86,87)/t23-,24+,25-,26-,27-,28-,29-,30-,31-,32-,37-,38-,39-/m0/s1. The molecule has 1 fully saturated rings. The third-order valence-corrected chi connectivity index (χ3v) is 13.1. The molecule has 1 aliphatic rings. The first-order valence-corrected chi connectivity index (χ1v) is 27.5. The Morgan fingerprint density at radius 1 is 0.483 bits per heavy atom. The molecular formula is C51H83N13O23. The number of nitrogens with zero attached hydrogens (tertiary/aromatic N) is 1. The number of likely N-dealkylation sites (tertiary alicyclic amines) is 1. The molecule has 21 N–H and O–H groups in total. The number of primary amides is 1. The predicted molar refractivity (Wildman–Crippen MR) is 295 cm³/mol. The van der Waals surface area contributed by atoms with Gasteiger partial charge in [0.25, 0.3) is 0 Å². The van der Waals surface area contributed by atoms with Crippen LogP contribution in [-0.2, 0) is 76.7 Å². The number of nitrogens with one attached hydrogen (secondary N) is 10. The van der Waals surface area contributed by atoms with Gasteiger partial charge in [-0.15, -0.1) is 0 Å². The smallest absolute Gasteiger partial charge is 0.326 e. The van der Waals surface area contributed by atoms with Crippen LogP contribution in [0.2, 0.25) is 0 Å². The van der Waals surface area contributed by atoms with Gasteiger partial charge in [0.1, 0.15) is 66.5 Å². The van der Waals surface area contributed by atoms with Crippen molar-refractivity contribution in [2.24, 2.45) is 29.2 Å². The second kappa shape index (κ2) is 36.4. The van der Waals surface area contributed by atoms with Gasteiger partial charge in [-0.2, -0.15) is 0 Å². The van der Waals surface area contributed by atoms with Gasteiger partial charge < -0.3 is 105 Å². The van der Waals surface area contributed by atoms with Crippen molar-refractivity contribution in [2.75, 3.05) is 19.8 Å². The van der Waals surface area contributed by atoms with Crippen molar-refractivity contribution in [3.05, 3.63) is 0 Å². The SMILES string of the molecule is CC(C)C[C@H](NC(=O)[C@@H](NC(=O)[C@H](C)NC(=O)[C@H](CCC(N)=O)NC(=O)[C@H](CO)NC(=O)[C@@H](NC(=O)[C@H](CO)NC(=O)[C@@H](NC(=O)[C@@H](N)CC(=O)O)C(C)C)[C@@H](C)O)C(C)C)C(=O)N1CCC[C@H]1C(=O)N[C@@H](CC(=O)O)C(=O)N[C@@H](CC(=O)O)C(=O)O. The normalized spacial score (nSPS) is 17.1. The fourth-order valence-corrected chi connectivity index (χ4v) is 8.42. The fourth-order valence-electron chi connectivity index (χ4n) is 8.42. The molecule has 1 aliphatic heterocycles. The summed E-state index contributed by atoms with van der Waals surface area (Å²) < 4.78 is 0. The number of aliphatic carboxylic acids is 4. The summed E-state index contributed by atoms with van der Waals surface area (Å²) in [5.74, 6) is -21.3. The van der Waals surface area contributed by atoms with Crippen LogP contribution in [0.3, 0.4) is 0 Å². The van der Waals surface area contributed by atoms with Gasteiger partial charge in [0.2, 0.25) is 70.9 Å². The van der Waals surface area contributed by atoms with Crippen LogP contribution < -0.4 is 64.6 Å². The third kappa shape index (κ3) is 25.9. The van der Waals surface area contributed by atoms with Crippen LogP contribution in [-0.4, -0.2) is 234 Å². The number of amides is 12. The van der Waals surface area contributed by atoms with Crippen molar-refractivity contribution in [3.8, 4) is 0 Å². The van der Waals surface area contributed by atoms with Gasteiger partial charge in [-0.25, -0.2) is 4.79 Å². The molecule has 36 heteroatoms. The molecule has 1 rings (SSSR count). The lowest BCUT2D eigenvalue weighted by Gasteiger charge is -2.32. The zero-order valence-electron chi connectivity index (χ0n) is 49.3. The molecule has 1 heterocycles. The van der Waals surface area contributed by atoms with Crippen LogP contribution in [0.5, 0.6) is 0 Å². The molecule has 0 spiro atoms. The van der Waals surface area contributed by atoms with Crippen LogP contribution in [0.1, 0.15) is 107 Å². The Hall–Kier alpha value is -8.64. The largest absolute Gasteiger partial charge is 0.481 e. The lowest BCUT2D eigenvalue weighted by atomic mass is 9.99. The molecule has 12 amide bonds. The summed E-state index contributed by atoms with van der Waals surface area (Å²) in [4.78, 5) is 207. The molecule has 0 saturated carbocycles. The zero-order valence-corrected chi connectivity index (χ0v) is 49.3. The Labute approximate surface area is 498 Å². The number of nitrogens with two attached hydrogens (primary N) is 2. The first kappa shape index (κ1) is 76.4. The average molecular weight is 1250 g/mol. The molecule has 0 unspecified atom stereocenters. The average Bonchev–Trinajstić information content (AvgIpc) is 2.36. The first-order valence-electron chi connectivity index (χ1n) is 27.5. The summed E-state index contributed by atoms with van der Waals surface area (Å²) in [6.07, 6.45) is -5.63. The monoisotopic (exact) mass is 1250 g/mol. The highest BCUT2D eigenvalue weighted by molar-refractivity contribution is 6.00. The predicted octanol–water partition coefficient (Wildman–Crippen LogP) is -8.33. The Bertz CT molecular complexity index is 2530. The zero-order chi connectivity index (χ0) is 66.9. The van der Waals surface area contributed by atoms with Crippen LogP contribution in [0, 0.1) is 17.8 Å². The van der Waals surface area contributed by atoms with E-state index in [0.717, 1.165) is 11.8 Å². The fraction of sp³-hybridized carbons (Fsp3) is 0.686. The van der Waals surface area contributed by atoms with Crippen molar-refractivity contribution in [1.82, 2.24) is 58.1 Å². The second-order valence-corrected chi connectivity index (χ2v) is 21.7. The Morgan fingerprint density at radius 3 is 1.34 bits per heavy atom. The van der Waals surface area contributed by atoms with Crippen LogP contribution in [0.25, 0.3) is 0 Å². The maximum atomic E-state index is 14.2. The van der Waals surface area contributed by atoms with Crippen molar-refractivity contribution >= 4 is 94.8 Å². The van der Waals surface area contributed by atoms with Crippen LogP contribution >= 0.6 is 0 Å². The molecule has 0 aromatic heterocycles. The number of hydrogen-bond donors (Lipinski definition) is 19. The summed E-state index contributed by atoms with van der Waals surface area (Å²) in [6.45, 7) is 9.22. The molecule has 13 atom stereocenters. The van der Waals surface area contributed by atoms with E-state index in [1.807, 2.05) is 5.32 Å². The van der Waals surface area contributed by atoms with Crippen LogP contribution in [0.15, 0.2) is 0 Å². The molecule has 0 aliphatic carbocycles. The molecule has 490 valence electrons. The van der Waals surface area contributed by atoms with E-state index in [9.17, 15) is 102 Å². The first-order chi connectivity index (χ1) is 40.4. The number of carbonyl (C=O) groups is 16. The summed E-state index contributed by atoms with van der Waals surface area (Å²) >= 11 is 0. The molecule has 87 heavy (non-hydrogen) atoms. The minimum atomic E-state index is -2.00. The van der Waals surface area contributed by atoms with Crippen molar-refractivity contribution in [3.63, 3.8) is 0 Å². The molecule has 0 aromatic rings. The van der Waals surface area contributed by atoms with Crippen molar-refractivity contribution < 1.29 is 112 Å². The minimum absolute atomic E-state index is 0.00741. The number of carboxylic acid groups (broad SMARTS) is 4. The topological polar surface area (TPSA) is 590 Å². The van der Waals surface area contributed by atoms with E-state index in [1.54, 1.807) is 13.8 Å². The lowest BCUT2D eigenvalue weighted by Crippen LogP contribution is -2.63. The molecule has 0 bridgehead atoms. The molecule has 1 saturated heterocycles. The molecule has 36 nitrogen and oxygen atoms in total. The number of aliphatic hydroxyl groups excluding tert-OH is 3. The van der Waals surface area contributed by atoms with E-state index in [-0.39, 0.29) is 31.7 Å². The quantitative estimate of drug-likeness (QED) is 0.0273. The Kier molecular flexibility index (Phi) is 31.9. The van der Waals surface area contributed by atoms with Crippen LogP contribution in [0.4, 0.5) is 0 Å². The van der Waals surface area contributed by atoms with E-state index in [2.05, 4.69) is 47.9 Å². The maximum absolute atomic E-state index is 14.2. The van der Waals surface area contributed by atoms with Gasteiger partial charge in [-0.05, 0) is 57.3 Å². The highest BCUT2D eigenvalue weighted by atomic mass is 16.4. The number of aliphatic hydroxyl groups is 3. The van der Waals surface area contributed by atoms with Gasteiger partial charge in [0, 0.05) is 13.0 Å². The Balaban J connectivity index is 3.27. The summed E-state index contributed by atoms with van der Waals surface area (Å²) in [5, 5.41) is 89.8. The highest BCUT2D eigenvalue weighted by Gasteiger charge is 2.42. The van der Waals surface area contributed by atoms with E-state index in [4.69, 9.17) is 21.7 Å². The lowest BCUT2D eigenvalue weighted by molar-refractivity contribution is -0.148. The third-order valence-electron chi connectivity index (χ3n) is 13.1.